The van der Waals surface area contributed by atoms with Gasteiger partial charge in [0, 0.05) is 18.8 Å². The average molecular weight is 260 g/mol. The second-order valence-corrected chi connectivity index (χ2v) is 4.80. The van der Waals surface area contributed by atoms with E-state index in [9.17, 15) is 9.59 Å². The van der Waals surface area contributed by atoms with Gasteiger partial charge in [-0.1, -0.05) is 31.5 Å². The molecule has 2 amide bonds. The van der Waals surface area contributed by atoms with Gasteiger partial charge in [-0.2, -0.15) is 0 Å². The Bertz CT molecular complexity index is 471. The summed E-state index contributed by atoms with van der Waals surface area (Å²) in [6.07, 6.45) is 2.80. The molecule has 0 fully saturated rings. The van der Waals surface area contributed by atoms with E-state index in [1.54, 1.807) is 4.90 Å². The van der Waals surface area contributed by atoms with Crippen LogP contribution in [0.5, 0.6) is 0 Å². The lowest BCUT2D eigenvalue weighted by molar-refractivity contribution is -0.127. The molecule has 4 heteroatoms. The Kier molecular flexibility index (Phi) is 4.55. The average Bonchev–Trinajstić information content (AvgIpc) is 2.83. The number of hydrogen-bond acceptors (Lipinski definition) is 2. The third kappa shape index (κ3) is 3.34. The smallest absolute Gasteiger partial charge is 0.236 e. The second kappa shape index (κ2) is 6.36. The number of hydrogen-bond donors (Lipinski definition) is 1. The van der Waals surface area contributed by atoms with Crippen LogP contribution < -0.4 is 10.2 Å². The molecule has 0 saturated heterocycles. The number of nitrogens with one attached hydrogen (secondary N) is 1. The molecular formula is C15H20N2O2. The number of carbonyl (C=O) groups is 2. The quantitative estimate of drug-likeness (QED) is 0.649. The number of unbranched alkanes of at least 4 members (excludes halogenated alkanes) is 1. The predicted octanol–water partition coefficient (Wildman–Crippen LogP) is 1.88. The Balaban J connectivity index is 1.89. The molecule has 0 spiro atoms. The number of fused-ring (bicyclic) bond motifs is 1. The molecule has 0 aliphatic carbocycles. The van der Waals surface area contributed by atoms with Crippen molar-refractivity contribution >= 4 is 17.5 Å². The summed E-state index contributed by atoms with van der Waals surface area (Å²) in [6, 6.07) is 7.87. The van der Waals surface area contributed by atoms with E-state index < -0.39 is 0 Å². The maximum Gasteiger partial charge on any atom is 0.236 e. The van der Waals surface area contributed by atoms with Crippen molar-refractivity contribution in [2.45, 2.75) is 32.6 Å². The van der Waals surface area contributed by atoms with E-state index in [1.165, 1.54) is 5.56 Å². The SMILES string of the molecule is CCCCNC(=O)CC(=O)N1CCc2ccccc21. The van der Waals surface area contributed by atoms with Crippen LogP contribution in [0.4, 0.5) is 5.69 Å². The maximum absolute atomic E-state index is 12.1. The third-order valence-electron chi connectivity index (χ3n) is 3.35. The predicted molar refractivity (Wildman–Crippen MR) is 75.0 cm³/mol. The van der Waals surface area contributed by atoms with E-state index in [0.29, 0.717) is 13.1 Å². The Morgan fingerprint density at radius 1 is 1.32 bits per heavy atom. The highest BCUT2D eigenvalue weighted by molar-refractivity contribution is 6.05. The first-order valence-corrected chi connectivity index (χ1v) is 6.87. The van der Waals surface area contributed by atoms with Gasteiger partial charge in [0.2, 0.25) is 11.8 Å². The Morgan fingerprint density at radius 2 is 2.11 bits per heavy atom. The molecule has 1 aromatic carbocycles. The number of rotatable bonds is 5. The van der Waals surface area contributed by atoms with Crippen molar-refractivity contribution in [1.29, 1.82) is 0 Å². The van der Waals surface area contributed by atoms with E-state index in [2.05, 4.69) is 12.2 Å². The van der Waals surface area contributed by atoms with E-state index in [4.69, 9.17) is 0 Å². The summed E-state index contributed by atoms with van der Waals surface area (Å²) in [4.78, 5) is 25.5. The summed E-state index contributed by atoms with van der Waals surface area (Å²) in [6.45, 7) is 3.40. The van der Waals surface area contributed by atoms with Gasteiger partial charge >= 0.3 is 0 Å². The van der Waals surface area contributed by atoms with Crippen molar-refractivity contribution in [2.75, 3.05) is 18.0 Å². The minimum absolute atomic E-state index is 0.0575. The molecule has 4 nitrogen and oxygen atoms in total. The number of anilines is 1. The molecule has 0 bridgehead atoms. The van der Waals surface area contributed by atoms with Gasteiger partial charge in [0.05, 0.1) is 0 Å². The molecule has 1 heterocycles. The molecule has 0 atom stereocenters. The largest absolute Gasteiger partial charge is 0.356 e. The summed E-state index contributed by atoms with van der Waals surface area (Å²) in [7, 11) is 0. The summed E-state index contributed by atoms with van der Waals surface area (Å²) in [5.41, 5.74) is 2.14. The van der Waals surface area contributed by atoms with Gasteiger partial charge in [0.15, 0.2) is 0 Å². The summed E-state index contributed by atoms with van der Waals surface area (Å²) >= 11 is 0. The molecule has 0 saturated carbocycles. The lowest BCUT2D eigenvalue weighted by Crippen LogP contribution is -2.35. The van der Waals surface area contributed by atoms with Crippen LogP contribution in [-0.4, -0.2) is 24.9 Å². The summed E-state index contributed by atoms with van der Waals surface area (Å²) < 4.78 is 0. The monoisotopic (exact) mass is 260 g/mol. The lowest BCUT2D eigenvalue weighted by Gasteiger charge is -2.17. The van der Waals surface area contributed by atoms with Crippen molar-refractivity contribution in [3.8, 4) is 0 Å². The highest BCUT2D eigenvalue weighted by Crippen LogP contribution is 2.27. The van der Waals surface area contributed by atoms with E-state index in [1.807, 2.05) is 24.3 Å². The van der Waals surface area contributed by atoms with E-state index in [-0.39, 0.29) is 18.2 Å². The van der Waals surface area contributed by atoms with Crippen LogP contribution in [0.25, 0.3) is 0 Å². The molecule has 0 radical (unpaired) electrons. The van der Waals surface area contributed by atoms with Crippen LogP contribution in [0, 0.1) is 0 Å². The molecule has 19 heavy (non-hydrogen) atoms. The van der Waals surface area contributed by atoms with Crippen molar-refractivity contribution in [3.05, 3.63) is 29.8 Å². The Morgan fingerprint density at radius 3 is 2.89 bits per heavy atom. The highest BCUT2D eigenvalue weighted by atomic mass is 16.2. The van der Waals surface area contributed by atoms with Crippen molar-refractivity contribution in [1.82, 2.24) is 5.32 Å². The first kappa shape index (κ1) is 13.6. The molecule has 1 N–H and O–H groups in total. The second-order valence-electron chi connectivity index (χ2n) is 4.80. The van der Waals surface area contributed by atoms with Gasteiger partial charge in [-0.25, -0.2) is 0 Å². The zero-order valence-electron chi connectivity index (χ0n) is 11.3. The lowest BCUT2D eigenvalue weighted by atomic mass is 10.2. The third-order valence-corrected chi connectivity index (χ3v) is 3.35. The molecule has 0 unspecified atom stereocenters. The van der Waals surface area contributed by atoms with Gasteiger partial charge in [-0.3, -0.25) is 9.59 Å². The number of carbonyl (C=O) groups excluding carboxylic acids is 2. The number of nitrogens with zero attached hydrogens (tertiary/aromatic N) is 1. The first-order chi connectivity index (χ1) is 9.22. The molecular weight excluding hydrogens is 240 g/mol. The highest BCUT2D eigenvalue weighted by Gasteiger charge is 2.25. The Hall–Kier alpha value is -1.84. The summed E-state index contributed by atoms with van der Waals surface area (Å²) in [5, 5.41) is 2.78. The topological polar surface area (TPSA) is 49.4 Å². The zero-order chi connectivity index (χ0) is 13.7. The fourth-order valence-electron chi connectivity index (χ4n) is 2.30. The van der Waals surface area contributed by atoms with E-state index in [0.717, 1.165) is 24.9 Å². The fourth-order valence-corrected chi connectivity index (χ4v) is 2.30. The van der Waals surface area contributed by atoms with Crippen LogP contribution in [0.15, 0.2) is 24.3 Å². The fraction of sp³-hybridized carbons (Fsp3) is 0.467. The molecule has 1 aliphatic heterocycles. The van der Waals surface area contributed by atoms with Crippen LogP contribution >= 0.6 is 0 Å². The van der Waals surface area contributed by atoms with Gasteiger partial charge in [0.25, 0.3) is 0 Å². The minimum Gasteiger partial charge on any atom is -0.356 e. The molecule has 1 aliphatic rings. The first-order valence-electron chi connectivity index (χ1n) is 6.87. The number of amides is 2. The van der Waals surface area contributed by atoms with Crippen LogP contribution in [0.2, 0.25) is 0 Å². The normalized spacial score (nSPS) is 13.2. The van der Waals surface area contributed by atoms with E-state index >= 15 is 0 Å². The molecule has 102 valence electrons. The van der Waals surface area contributed by atoms with Crippen molar-refractivity contribution < 1.29 is 9.59 Å². The zero-order valence-corrected chi connectivity index (χ0v) is 11.3. The van der Waals surface area contributed by atoms with Crippen LogP contribution in [0.1, 0.15) is 31.7 Å². The molecule has 2 rings (SSSR count). The van der Waals surface area contributed by atoms with Gasteiger partial charge in [0.1, 0.15) is 6.42 Å². The Labute approximate surface area is 113 Å². The number of benzene rings is 1. The molecule has 1 aromatic rings. The standard InChI is InChI=1S/C15H20N2O2/c1-2-3-9-16-14(18)11-15(19)17-10-8-12-6-4-5-7-13(12)17/h4-7H,2-3,8-11H2,1H3,(H,16,18). The van der Waals surface area contributed by atoms with Crippen LogP contribution in [-0.2, 0) is 16.0 Å². The van der Waals surface area contributed by atoms with Crippen LogP contribution in [0.3, 0.4) is 0 Å². The van der Waals surface area contributed by atoms with Gasteiger partial charge < -0.3 is 10.2 Å². The number of para-hydroxylation sites is 1. The molecule has 0 aromatic heterocycles. The van der Waals surface area contributed by atoms with Gasteiger partial charge in [-0.05, 0) is 24.5 Å². The maximum atomic E-state index is 12.1. The van der Waals surface area contributed by atoms with Gasteiger partial charge in [-0.15, -0.1) is 0 Å². The minimum atomic E-state index is -0.178. The summed E-state index contributed by atoms with van der Waals surface area (Å²) in [5.74, 6) is -0.290. The van der Waals surface area contributed by atoms with Crippen molar-refractivity contribution in [3.63, 3.8) is 0 Å². The van der Waals surface area contributed by atoms with Crippen molar-refractivity contribution in [2.24, 2.45) is 0 Å².